The van der Waals surface area contributed by atoms with Gasteiger partial charge in [0.05, 0.1) is 16.6 Å². The summed E-state index contributed by atoms with van der Waals surface area (Å²) < 4.78 is 13.1. The monoisotopic (exact) mass is 382 g/mol. The minimum absolute atomic E-state index is 0.249. The molecule has 6 nitrogen and oxygen atoms in total. The van der Waals surface area contributed by atoms with Crippen molar-refractivity contribution in [2.75, 3.05) is 6.79 Å². The fourth-order valence-electron chi connectivity index (χ4n) is 3.74. The zero-order valence-corrected chi connectivity index (χ0v) is 16.1. The summed E-state index contributed by atoms with van der Waals surface area (Å²) in [7, 11) is 0. The lowest BCUT2D eigenvalue weighted by atomic mass is 10.1. The second kappa shape index (κ2) is 6.57. The minimum atomic E-state index is 0.249. The maximum absolute atomic E-state index is 9.74. The number of hydrogen-bond donors (Lipinski definition) is 1. The van der Waals surface area contributed by atoms with Gasteiger partial charge in [0, 0.05) is 23.1 Å². The van der Waals surface area contributed by atoms with E-state index in [4.69, 9.17) is 9.47 Å². The molecule has 0 amide bonds. The van der Waals surface area contributed by atoms with Gasteiger partial charge in [-0.05, 0) is 55.8 Å². The average Bonchev–Trinajstić information content (AvgIpc) is 3.42. The SMILES string of the molecule is Cc1cc(/C=C(\C#N)c2nc3ccccc3[nH]2)c(C)n1-c1ccc2c(c1)OCO2. The van der Waals surface area contributed by atoms with Crippen molar-refractivity contribution in [2.24, 2.45) is 0 Å². The van der Waals surface area contributed by atoms with Crippen LogP contribution < -0.4 is 9.47 Å². The topological polar surface area (TPSA) is 75.9 Å². The molecule has 6 heteroatoms. The molecule has 29 heavy (non-hydrogen) atoms. The van der Waals surface area contributed by atoms with Crippen LogP contribution in [-0.4, -0.2) is 21.3 Å². The lowest BCUT2D eigenvalue weighted by Gasteiger charge is -2.10. The van der Waals surface area contributed by atoms with E-state index in [0.717, 1.165) is 45.2 Å². The Hall–Kier alpha value is -3.98. The molecular weight excluding hydrogens is 364 g/mol. The van der Waals surface area contributed by atoms with E-state index in [9.17, 15) is 5.26 Å². The van der Waals surface area contributed by atoms with Crippen LogP contribution in [0, 0.1) is 25.2 Å². The summed E-state index contributed by atoms with van der Waals surface area (Å²) >= 11 is 0. The van der Waals surface area contributed by atoms with Gasteiger partial charge in [-0.15, -0.1) is 0 Å². The molecular formula is C23H18N4O2. The Kier molecular flexibility index (Phi) is 3.88. The summed E-state index contributed by atoms with van der Waals surface area (Å²) in [5.74, 6) is 2.07. The zero-order chi connectivity index (χ0) is 20.0. The first-order valence-electron chi connectivity index (χ1n) is 9.30. The molecule has 0 fully saturated rings. The molecule has 0 unspecified atom stereocenters. The Morgan fingerprint density at radius 2 is 1.97 bits per heavy atom. The van der Waals surface area contributed by atoms with Gasteiger partial charge in [-0.3, -0.25) is 0 Å². The molecule has 2 aromatic heterocycles. The van der Waals surface area contributed by atoms with Crippen LogP contribution >= 0.6 is 0 Å². The Bertz CT molecular complexity index is 1290. The quantitative estimate of drug-likeness (QED) is 0.518. The van der Waals surface area contributed by atoms with Gasteiger partial charge >= 0.3 is 0 Å². The number of H-pyrrole nitrogens is 1. The van der Waals surface area contributed by atoms with Crippen LogP contribution in [0.3, 0.4) is 0 Å². The van der Waals surface area contributed by atoms with Crippen LogP contribution in [0.25, 0.3) is 28.4 Å². The molecule has 0 atom stereocenters. The fourth-order valence-corrected chi connectivity index (χ4v) is 3.74. The average molecular weight is 382 g/mol. The molecule has 0 aliphatic carbocycles. The number of rotatable bonds is 3. The van der Waals surface area contributed by atoms with Crippen molar-refractivity contribution < 1.29 is 9.47 Å². The van der Waals surface area contributed by atoms with Crippen molar-refractivity contribution in [3.63, 3.8) is 0 Å². The number of nitrogens with zero attached hydrogens (tertiary/aromatic N) is 3. The van der Waals surface area contributed by atoms with Gasteiger partial charge in [0.25, 0.3) is 0 Å². The number of aromatic nitrogens is 3. The number of aryl methyl sites for hydroxylation is 1. The summed E-state index contributed by atoms with van der Waals surface area (Å²) in [6, 6.07) is 18.0. The first-order valence-corrected chi connectivity index (χ1v) is 9.30. The lowest BCUT2D eigenvalue weighted by molar-refractivity contribution is 0.174. The summed E-state index contributed by atoms with van der Waals surface area (Å²) in [6.07, 6.45) is 1.88. The standard InChI is InChI=1S/C23H18N4O2/c1-14-9-16(10-17(12-24)23-25-19-5-3-4-6-20(19)26-23)15(2)27(14)18-7-8-21-22(11-18)29-13-28-21/h3-11H,13H2,1-2H3,(H,25,26)/b17-10+. The summed E-state index contributed by atoms with van der Waals surface area (Å²) in [5.41, 5.74) is 6.30. The van der Waals surface area contributed by atoms with Gasteiger partial charge < -0.3 is 19.0 Å². The molecule has 0 radical (unpaired) electrons. The number of aromatic amines is 1. The van der Waals surface area contributed by atoms with Gasteiger partial charge in [0.15, 0.2) is 11.5 Å². The molecule has 0 saturated carbocycles. The molecule has 142 valence electrons. The van der Waals surface area contributed by atoms with Crippen molar-refractivity contribution in [3.8, 4) is 23.3 Å². The summed E-state index contributed by atoms with van der Waals surface area (Å²) in [5, 5.41) is 9.74. The predicted molar refractivity (Wildman–Crippen MR) is 111 cm³/mol. The Morgan fingerprint density at radius 3 is 2.79 bits per heavy atom. The first-order chi connectivity index (χ1) is 14.1. The van der Waals surface area contributed by atoms with Gasteiger partial charge in [0.2, 0.25) is 6.79 Å². The van der Waals surface area contributed by atoms with E-state index in [1.54, 1.807) is 0 Å². The third-order valence-electron chi connectivity index (χ3n) is 5.15. The number of nitrogens with one attached hydrogen (secondary N) is 1. The van der Waals surface area contributed by atoms with Crippen LogP contribution in [0.1, 0.15) is 22.8 Å². The number of fused-ring (bicyclic) bond motifs is 2. The highest BCUT2D eigenvalue weighted by atomic mass is 16.7. The number of hydrogen-bond acceptors (Lipinski definition) is 4. The molecule has 1 aliphatic heterocycles. The van der Waals surface area contributed by atoms with Gasteiger partial charge in [0.1, 0.15) is 11.9 Å². The maximum Gasteiger partial charge on any atom is 0.231 e. The van der Waals surface area contributed by atoms with Crippen molar-refractivity contribution >= 4 is 22.7 Å². The van der Waals surface area contributed by atoms with E-state index in [-0.39, 0.29) is 6.79 Å². The van der Waals surface area contributed by atoms with Crippen LogP contribution in [0.4, 0.5) is 0 Å². The van der Waals surface area contributed by atoms with Gasteiger partial charge in [-0.2, -0.15) is 5.26 Å². The summed E-state index contributed by atoms with van der Waals surface area (Å²) in [4.78, 5) is 7.78. The lowest BCUT2D eigenvalue weighted by Crippen LogP contribution is -1.99. The Balaban J connectivity index is 1.58. The van der Waals surface area contributed by atoms with Gasteiger partial charge in [-0.1, -0.05) is 12.1 Å². The largest absolute Gasteiger partial charge is 0.454 e. The maximum atomic E-state index is 9.74. The van der Waals surface area contributed by atoms with E-state index in [1.807, 2.05) is 62.4 Å². The number of ether oxygens (including phenoxy) is 2. The third-order valence-corrected chi connectivity index (χ3v) is 5.15. The molecule has 3 heterocycles. The second-order valence-electron chi connectivity index (χ2n) is 6.97. The smallest absolute Gasteiger partial charge is 0.231 e. The van der Waals surface area contributed by atoms with E-state index in [0.29, 0.717) is 11.4 Å². The number of nitriles is 1. The number of allylic oxidation sites excluding steroid dienone is 1. The number of imidazole rings is 1. The summed E-state index contributed by atoms with van der Waals surface area (Å²) in [6.45, 7) is 4.33. The second-order valence-corrected chi connectivity index (χ2v) is 6.97. The van der Waals surface area contributed by atoms with Crippen LogP contribution in [0.15, 0.2) is 48.5 Å². The van der Waals surface area contributed by atoms with E-state index >= 15 is 0 Å². The highest BCUT2D eigenvalue weighted by Gasteiger charge is 2.17. The van der Waals surface area contributed by atoms with Gasteiger partial charge in [-0.25, -0.2) is 4.98 Å². The Labute approximate surface area is 167 Å². The fraction of sp³-hybridized carbons (Fsp3) is 0.130. The van der Waals surface area contributed by atoms with E-state index in [1.165, 1.54) is 0 Å². The predicted octanol–water partition coefficient (Wildman–Crippen LogP) is 4.76. The van der Waals surface area contributed by atoms with Crippen molar-refractivity contribution in [1.29, 1.82) is 5.26 Å². The van der Waals surface area contributed by atoms with E-state index < -0.39 is 0 Å². The highest BCUT2D eigenvalue weighted by molar-refractivity contribution is 5.90. The molecule has 0 spiro atoms. The van der Waals surface area contributed by atoms with Crippen molar-refractivity contribution in [3.05, 3.63) is 71.3 Å². The van der Waals surface area contributed by atoms with Crippen LogP contribution in [0.5, 0.6) is 11.5 Å². The molecule has 5 rings (SSSR count). The molecule has 4 aromatic rings. The molecule has 0 bridgehead atoms. The molecule has 1 aliphatic rings. The molecule has 1 N–H and O–H groups in total. The van der Waals surface area contributed by atoms with Crippen LogP contribution in [-0.2, 0) is 0 Å². The Morgan fingerprint density at radius 1 is 1.14 bits per heavy atom. The number of benzene rings is 2. The number of para-hydroxylation sites is 2. The normalized spacial score (nSPS) is 13.1. The van der Waals surface area contributed by atoms with Crippen molar-refractivity contribution in [1.82, 2.24) is 14.5 Å². The first kappa shape index (κ1) is 17.1. The van der Waals surface area contributed by atoms with E-state index in [2.05, 4.69) is 26.7 Å². The molecule has 2 aromatic carbocycles. The van der Waals surface area contributed by atoms with Crippen molar-refractivity contribution in [2.45, 2.75) is 13.8 Å². The highest BCUT2D eigenvalue weighted by Crippen LogP contribution is 2.35. The molecule has 0 saturated heterocycles. The zero-order valence-electron chi connectivity index (χ0n) is 16.1. The van der Waals surface area contributed by atoms with Crippen LogP contribution in [0.2, 0.25) is 0 Å². The third kappa shape index (κ3) is 2.84. The minimum Gasteiger partial charge on any atom is -0.454 e.